The molecule has 2 fully saturated rings. The summed E-state index contributed by atoms with van der Waals surface area (Å²) >= 11 is 1.72. The molecule has 164 valence electrons. The normalized spacial score (nSPS) is 22.2. The van der Waals surface area contributed by atoms with Gasteiger partial charge in [0.05, 0.1) is 16.3 Å². The van der Waals surface area contributed by atoms with E-state index in [1.165, 1.54) is 0 Å². The van der Waals surface area contributed by atoms with Gasteiger partial charge in [0.15, 0.2) is 0 Å². The number of likely N-dealkylation sites (N-methyl/N-ethyl adjacent to an activating group) is 1. The van der Waals surface area contributed by atoms with E-state index in [1.807, 2.05) is 83.5 Å². The maximum Gasteiger partial charge on any atom is 0.246 e. The molecule has 0 radical (unpaired) electrons. The van der Waals surface area contributed by atoms with Gasteiger partial charge in [0.2, 0.25) is 11.8 Å². The Kier molecular flexibility index (Phi) is 5.29. The first-order valence-corrected chi connectivity index (χ1v) is 11.9. The molecule has 2 amide bonds. The Balaban J connectivity index is 1.43. The number of hydrogen-bond donors (Lipinski definition) is 0. The molecule has 0 bridgehead atoms. The monoisotopic (exact) mass is 446 g/mol. The molecule has 6 nitrogen and oxygen atoms in total. The molecule has 3 heterocycles. The smallest absolute Gasteiger partial charge is 0.246 e. The average Bonchev–Trinajstić information content (AvgIpc) is 3.48. The lowest BCUT2D eigenvalue weighted by Crippen LogP contribution is -2.50. The van der Waals surface area contributed by atoms with E-state index in [0.29, 0.717) is 18.7 Å². The summed E-state index contributed by atoms with van der Waals surface area (Å²) in [6.07, 6.45) is 3.33. The molecule has 7 heteroatoms. The molecule has 2 atom stereocenters. The van der Waals surface area contributed by atoms with Crippen LogP contribution in [-0.4, -0.2) is 55.1 Å². The number of thioether (sulfide) groups is 1. The number of carbonyl (C=O) groups is 2. The number of amides is 2. The SMILES string of the molecule is CN(Cc1cn(-c2ccccc2)nc1-c1ccccc1)C(=O)[C@H]1CS[C@]2(C)CCC(=O)N12. The van der Waals surface area contributed by atoms with E-state index in [-0.39, 0.29) is 16.7 Å². The summed E-state index contributed by atoms with van der Waals surface area (Å²) in [7, 11) is 1.82. The van der Waals surface area contributed by atoms with Crippen LogP contribution in [0.3, 0.4) is 0 Å². The van der Waals surface area contributed by atoms with Crippen LogP contribution in [0.15, 0.2) is 66.9 Å². The lowest BCUT2D eigenvalue weighted by Gasteiger charge is -2.31. The average molecular weight is 447 g/mol. The number of fused-ring (bicyclic) bond motifs is 1. The van der Waals surface area contributed by atoms with Gasteiger partial charge in [-0.25, -0.2) is 4.68 Å². The number of benzene rings is 2. The van der Waals surface area contributed by atoms with Crippen LogP contribution in [0.4, 0.5) is 0 Å². The summed E-state index contributed by atoms with van der Waals surface area (Å²) in [5.74, 6) is 0.731. The van der Waals surface area contributed by atoms with Crippen molar-refractivity contribution >= 4 is 23.6 Å². The predicted molar refractivity (Wildman–Crippen MR) is 126 cm³/mol. The van der Waals surface area contributed by atoms with Crippen LogP contribution >= 0.6 is 11.8 Å². The Bertz CT molecular complexity index is 1150. The molecule has 0 aliphatic carbocycles. The quantitative estimate of drug-likeness (QED) is 0.596. The van der Waals surface area contributed by atoms with Gasteiger partial charge in [0, 0.05) is 43.1 Å². The molecule has 2 aromatic carbocycles. The molecule has 0 spiro atoms. The minimum atomic E-state index is -0.394. The highest BCUT2D eigenvalue weighted by Crippen LogP contribution is 2.47. The molecule has 2 saturated heterocycles. The summed E-state index contributed by atoms with van der Waals surface area (Å²) in [5.41, 5.74) is 3.81. The summed E-state index contributed by atoms with van der Waals surface area (Å²) in [6, 6.07) is 19.6. The van der Waals surface area contributed by atoms with E-state index >= 15 is 0 Å². The third-order valence-electron chi connectivity index (χ3n) is 6.37. The van der Waals surface area contributed by atoms with Gasteiger partial charge in [-0.2, -0.15) is 5.10 Å². The lowest BCUT2D eigenvalue weighted by molar-refractivity contribution is -0.143. The molecule has 2 aliphatic rings. The standard InChI is InChI=1S/C25H26N4O2S/c1-25-14-13-22(30)29(25)21(17-32-25)24(31)27(2)15-19-16-28(20-11-7-4-8-12-20)26-23(19)18-9-5-3-6-10-18/h3-12,16,21H,13-15,17H2,1-2H3/t21-,25-/m1/s1. The van der Waals surface area contributed by atoms with Gasteiger partial charge in [-0.05, 0) is 25.5 Å². The summed E-state index contributed by atoms with van der Waals surface area (Å²) < 4.78 is 1.86. The Morgan fingerprint density at radius 1 is 1.16 bits per heavy atom. The fourth-order valence-corrected chi connectivity index (χ4v) is 6.09. The van der Waals surface area contributed by atoms with E-state index in [0.717, 1.165) is 28.9 Å². The maximum atomic E-state index is 13.4. The van der Waals surface area contributed by atoms with E-state index < -0.39 is 6.04 Å². The highest BCUT2D eigenvalue weighted by molar-refractivity contribution is 8.01. The molecule has 0 unspecified atom stereocenters. The topological polar surface area (TPSA) is 58.4 Å². The van der Waals surface area contributed by atoms with Crippen molar-refractivity contribution in [3.63, 3.8) is 0 Å². The number of rotatable bonds is 5. The van der Waals surface area contributed by atoms with Crippen LogP contribution in [0, 0.1) is 0 Å². The number of aromatic nitrogens is 2. The molecule has 3 aromatic rings. The molecule has 0 N–H and O–H groups in total. The molecule has 2 aliphatic heterocycles. The number of nitrogens with zero attached hydrogens (tertiary/aromatic N) is 4. The summed E-state index contributed by atoms with van der Waals surface area (Å²) in [5, 5.41) is 4.85. The Morgan fingerprint density at radius 3 is 2.56 bits per heavy atom. The number of para-hydroxylation sites is 1. The van der Waals surface area contributed by atoms with Gasteiger partial charge in [0.1, 0.15) is 6.04 Å². The zero-order valence-electron chi connectivity index (χ0n) is 18.3. The Morgan fingerprint density at radius 2 is 1.84 bits per heavy atom. The van der Waals surface area contributed by atoms with E-state index in [2.05, 4.69) is 6.92 Å². The fraction of sp³-hybridized carbons (Fsp3) is 0.320. The van der Waals surface area contributed by atoms with Gasteiger partial charge in [-0.1, -0.05) is 48.5 Å². The first kappa shape index (κ1) is 20.8. The van der Waals surface area contributed by atoms with Crippen molar-refractivity contribution in [3.8, 4) is 16.9 Å². The van der Waals surface area contributed by atoms with Crippen molar-refractivity contribution < 1.29 is 9.59 Å². The Hall–Kier alpha value is -3.06. The highest BCUT2D eigenvalue weighted by atomic mass is 32.2. The van der Waals surface area contributed by atoms with Crippen LogP contribution in [0.2, 0.25) is 0 Å². The van der Waals surface area contributed by atoms with Crippen molar-refractivity contribution in [2.45, 2.75) is 37.2 Å². The summed E-state index contributed by atoms with van der Waals surface area (Å²) in [4.78, 5) is 29.2. The van der Waals surface area contributed by atoms with Crippen molar-refractivity contribution in [1.82, 2.24) is 19.6 Å². The third kappa shape index (κ3) is 3.60. The second-order valence-corrected chi connectivity index (χ2v) is 10.1. The number of carbonyl (C=O) groups excluding carboxylic acids is 2. The Labute approximate surface area is 192 Å². The van der Waals surface area contributed by atoms with Gasteiger partial charge in [-0.3, -0.25) is 9.59 Å². The largest absolute Gasteiger partial charge is 0.339 e. The zero-order valence-corrected chi connectivity index (χ0v) is 19.1. The highest BCUT2D eigenvalue weighted by Gasteiger charge is 2.53. The molecular weight excluding hydrogens is 420 g/mol. The maximum absolute atomic E-state index is 13.4. The predicted octanol–water partition coefficient (Wildman–Crippen LogP) is 3.95. The van der Waals surface area contributed by atoms with E-state index in [4.69, 9.17) is 5.10 Å². The molecule has 5 rings (SSSR count). The lowest BCUT2D eigenvalue weighted by atomic mass is 10.1. The van der Waals surface area contributed by atoms with Crippen LogP contribution in [0.5, 0.6) is 0 Å². The molecule has 1 aromatic heterocycles. The van der Waals surface area contributed by atoms with Gasteiger partial charge in [-0.15, -0.1) is 11.8 Å². The zero-order chi connectivity index (χ0) is 22.3. The van der Waals surface area contributed by atoms with Crippen LogP contribution < -0.4 is 0 Å². The van der Waals surface area contributed by atoms with Gasteiger partial charge in [0.25, 0.3) is 0 Å². The third-order valence-corrected chi connectivity index (χ3v) is 7.88. The van der Waals surface area contributed by atoms with E-state index in [1.54, 1.807) is 16.7 Å². The van der Waals surface area contributed by atoms with Gasteiger partial charge < -0.3 is 9.80 Å². The van der Waals surface area contributed by atoms with Crippen molar-refractivity contribution in [1.29, 1.82) is 0 Å². The fourth-order valence-electron chi connectivity index (χ4n) is 4.67. The molecule has 0 saturated carbocycles. The van der Waals surface area contributed by atoms with Crippen molar-refractivity contribution in [3.05, 3.63) is 72.4 Å². The van der Waals surface area contributed by atoms with E-state index in [9.17, 15) is 9.59 Å². The molecule has 32 heavy (non-hydrogen) atoms. The van der Waals surface area contributed by atoms with Crippen molar-refractivity contribution in [2.75, 3.05) is 12.8 Å². The molecular formula is C25H26N4O2S. The summed E-state index contributed by atoms with van der Waals surface area (Å²) in [6.45, 7) is 2.50. The van der Waals surface area contributed by atoms with Crippen molar-refractivity contribution in [2.24, 2.45) is 0 Å². The minimum absolute atomic E-state index is 0.0112. The first-order chi connectivity index (χ1) is 15.5. The van der Waals surface area contributed by atoms with Crippen LogP contribution in [0.25, 0.3) is 16.9 Å². The number of hydrogen-bond acceptors (Lipinski definition) is 4. The van der Waals surface area contributed by atoms with Gasteiger partial charge >= 0.3 is 0 Å². The minimum Gasteiger partial charge on any atom is -0.339 e. The first-order valence-electron chi connectivity index (χ1n) is 10.9. The van der Waals surface area contributed by atoms with Crippen LogP contribution in [-0.2, 0) is 16.1 Å². The second kappa shape index (κ2) is 8.13. The van der Waals surface area contributed by atoms with Crippen LogP contribution in [0.1, 0.15) is 25.3 Å². The second-order valence-electron chi connectivity index (χ2n) is 8.61.